The van der Waals surface area contributed by atoms with E-state index in [1.165, 1.54) is 218 Å². The Balaban J connectivity index is 4.14. The van der Waals surface area contributed by atoms with Crippen molar-refractivity contribution in [2.45, 2.75) is 348 Å². The van der Waals surface area contributed by atoms with E-state index in [9.17, 15) is 14.4 Å². The quantitative estimate of drug-likeness (QED) is 0.0261. The largest absolute Gasteiger partial charge is 0.462 e. The number of hydrogen-bond donors (Lipinski definition) is 0. The van der Waals surface area contributed by atoms with Crippen molar-refractivity contribution < 1.29 is 28.6 Å². The Hall–Kier alpha value is -2.63. The van der Waals surface area contributed by atoms with Crippen LogP contribution in [-0.4, -0.2) is 37.2 Å². The minimum Gasteiger partial charge on any atom is -0.462 e. The van der Waals surface area contributed by atoms with Crippen molar-refractivity contribution in [2.75, 3.05) is 13.2 Å². The molecule has 0 bridgehead atoms. The third-order valence-corrected chi connectivity index (χ3v) is 14.3. The molecule has 0 saturated carbocycles. The zero-order valence-corrected chi connectivity index (χ0v) is 48.9. The van der Waals surface area contributed by atoms with Crippen LogP contribution in [0, 0.1) is 0 Å². The van der Waals surface area contributed by atoms with Gasteiger partial charge in [-0.2, -0.15) is 0 Å². The molecule has 0 amide bonds. The fourth-order valence-electron chi connectivity index (χ4n) is 9.51. The Morgan fingerprint density at radius 2 is 0.534 bits per heavy atom. The third kappa shape index (κ3) is 60.1. The van der Waals surface area contributed by atoms with E-state index in [1.807, 2.05) is 0 Å². The number of ether oxygens (including phenoxy) is 3. The zero-order chi connectivity index (χ0) is 52.9. The molecule has 0 spiro atoms. The second-order valence-corrected chi connectivity index (χ2v) is 21.6. The van der Waals surface area contributed by atoms with Crippen molar-refractivity contribution >= 4 is 17.9 Å². The second kappa shape index (κ2) is 61.9. The van der Waals surface area contributed by atoms with E-state index < -0.39 is 6.10 Å². The molecule has 0 rings (SSSR count). The molecule has 0 aromatic carbocycles. The van der Waals surface area contributed by atoms with E-state index in [1.54, 1.807) is 0 Å². The van der Waals surface area contributed by atoms with Crippen LogP contribution < -0.4 is 0 Å². The lowest BCUT2D eigenvalue weighted by molar-refractivity contribution is -0.167. The molecule has 0 heterocycles. The first-order valence-corrected chi connectivity index (χ1v) is 32.1. The summed E-state index contributed by atoms with van der Waals surface area (Å²) in [6.45, 7) is 6.54. The average molecular weight is 1020 g/mol. The Labute approximate surface area is 454 Å². The fraction of sp³-hybridized carbons (Fsp3) is 0.836. The molecule has 73 heavy (non-hydrogen) atoms. The van der Waals surface area contributed by atoms with Gasteiger partial charge in [0.25, 0.3) is 0 Å². The van der Waals surface area contributed by atoms with E-state index in [0.29, 0.717) is 19.3 Å². The van der Waals surface area contributed by atoms with Crippen LogP contribution in [0.25, 0.3) is 0 Å². The summed E-state index contributed by atoms with van der Waals surface area (Å²) in [5, 5.41) is 0. The van der Waals surface area contributed by atoms with E-state index in [2.05, 4.69) is 69.4 Å². The van der Waals surface area contributed by atoms with Gasteiger partial charge in [0.2, 0.25) is 0 Å². The van der Waals surface area contributed by atoms with Gasteiger partial charge in [0.05, 0.1) is 0 Å². The summed E-state index contributed by atoms with van der Waals surface area (Å²) in [7, 11) is 0. The van der Waals surface area contributed by atoms with Crippen LogP contribution in [0.2, 0.25) is 0 Å². The van der Waals surface area contributed by atoms with Crippen molar-refractivity contribution in [1.29, 1.82) is 0 Å². The first-order valence-electron chi connectivity index (χ1n) is 32.1. The molecule has 0 aromatic rings. The number of unbranched alkanes of at least 4 members (excludes halogenated alkanes) is 40. The van der Waals surface area contributed by atoms with Crippen LogP contribution in [0.1, 0.15) is 342 Å². The van der Waals surface area contributed by atoms with Crippen molar-refractivity contribution in [3.05, 3.63) is 48.6 Å². The Kier molecular flexibility index (Phi) is 59.7. The number of rotatable bonds is 59. The molecular weight excluding hydrogens is 901 g/mol. The molecule has 0 fully saturated rings. The molecular formula is C67H122O6. The van der Waals surface area contributed by atoms with Gasteiger partial charge in [0, 0.05) is 19.3 Å². The Morgan fingerprint density at radius 1 is 0.288 bits per heavy atom. The monoisotopic (exact) mass is 1020 g/mol. The van der Waals surface area contributed by atoms with E-state index >= 15 is 0 Å². The summed E-state index contributed by atoms with van der Waals surface area (Å²) in [6.07, 6.45) is 77.1. The van der Waals surface area contributed by atoms with Gasteiger partial charge in [-0.25, -0.2) is 0 Å². The van der Waals surface area contributed by atoms with Crippen LogP contribution in [-0.2, 0) is 28.6 Å². The van der Waals surface area contributed by atoms with E-state index in [-0.39, 0.29) is 31.1 Å². The van der Waals surface area contributed by atoms with E-state index in [4.69, 9.17) is 14.2 Å². The van der Waals surface area contributed by atoms with Gasteiger partial charge in [-0.15, -0.1) is 0 Å². The standard InChI is InChI=1S/C67H122O6/c1-4-7-10-13-16-19-22-25-26-27-28-29-30-31-32-33-34-35-36-37-38-39-40-43-45-48-51-54-57-60-66(69)72-63-64(73-67(70)61-58-55-52-49-46-42-24-21-18-15-12-9-6-3)62-71-65(68)59-56-53-50-47-44-41-23-20-17-14-11-8-5-2/h9,12,18,21,27-28,42,46,64H,4-8,10-11,13-17,19-20,22-26,29-41,43-45,47-63H2,1-3H3/b12-9-,21-18-,28-27-,46-42-. The molecule has 0 radical (unpaired) electrons. The maximum absolute atomic E-state index is 12.8. The highest BCUT2D eigenvalue weighted by Gasteiger charge is 2.19. The third-order valence-electron chi connectivity index (χ3n) is 14.3. The summed E-state index contributed by atoms with van der Waals surface area (Å²) < 4.78 is 16.9. The normalized spacial score (nSPS) is 12.3. The van der Waals surface area contributed by atoms with Gasteiger partial charge in [0.1, 0.15) is 13.2 Å². The number of carbonyl (C=O) groups is 3. The molecule has 0 aliphatic heterocycles. The summed E-state index contributed by atoms with van der Waals surface area (Å²) in [6, 6.07) is 0. The number of allylic oxidation sites excluding steroid dienone is 8. The van der Waals surface area contributed by atoms with Gasteiger partial charge in [-0.05, 0) is 77.0 Å². The Morgan fingerprint density at radius 3 is 0.863 bits per heavy atom. The first kappa shape index (κ1) is 70.4. The molecule has 0 aromatic heterocycles. The lowest BCUT2D eigenvalue weighted by atomic mass is 10.0. The lowest BCUT2D eigenvalue weighted by Gasteiger charge is -2.18. The minimum absolute atomic E-state index is 0.0809. The smallest absolute Gasteiger partial charge is 0.306 e. The van der Waals surface area contributed by atoms with Crippen LogP contribution >= 0.6 is 0 Å². The molecule has 1 atom stereocenters. The Bertz CT molecular complexity index is 1270. The van der Waals surface area contributed by atoms with Gasteiger partial charge in [-0.3, -0.25) is 14.4 Å². The lowest BCUT2D eigenvalue weighted by Crippen LogP contribution is -2.30. The van der Waals surface area contributed by atoms with Crippen LogP contribution in [0.3, 0.4) is 0 Å². The predicted octanol–water partition coefficient (Wildman–Crippen LogP) is 21.8. The summed E-state index contributed by atoms with van der Waals surface area (Å²) in [5.74, 6) is -0.892. The average Bonchev–Trinajstić information content (AvgIpc) is 3.39. The second-order valence-electron chi connectivity index (χ2n) is 21.6. The van der Waals surface area contributed by atoms with Crippen LogP contribution in [0.5, 0.6) is 0 Å². The topological polar surface area (TPSA) is 78.9 Å². The first-order chi connectivity index (χ1) is 36.0. The van der Waals surface area contributed by atoms with Gasteiger partial charge >= 0.3 is 17.9 Å². The SMILES string of the molecule is CC/C=C\C/C=C\C/C=C\CCCCCC(=O)OC(COC(=O)CCCCCCCCCCCCCCC)COC(=O)CCCCCCCCCCCCCCCCCCC/C=C\CCCCCCCCCC. The van der Waals surface area contributed by atoms with Crippen LogP contribution in [0.15, 0.2) is 48.6 Å². The molecule has 426 valence electrons. The van der Waals surface area contributed by atoms with Crippen molar-refractivity contribution in [3.63, 3.8) is 0 Å². The molecule has 0 saturated heterocycles. The molecule has 0 aliphatic rings. The van der Waals surface area contributed by atoms with Crippen molar-refractivity contribution in [2.24, 2.45) is 0 Å². The van der Waals surface area contributed by atoms with E-state index in [0.717, 1.165) is 83.5 Å². The van der Waals surface area contributed by atoms with Gasteiger partial charge in [-0.1, -0.05) is 294 Å². The van der Waals surface area contributed by atoms with Crippen molar-refractivity contribution in [3.8, 4) is 0 Å². The van der Waals surface area contributed by atoms with Crippen LogP contribution in [0.4, 0.5) is 0 Å². The molecule has 0 N–H and O–H groups in total. The zero-order valence-electron chi connectivity index (χ0n) is 48.9. The molecule has 6 heteroatoms. The highest BCUT2D eigenvalue weighted by atomic mass is 16.6. The minimum atomic E-state index is -0.785. The number of carbonyl (C=O) groups excluding carboxylic acids is 3. The highest BCUT2D eigenvalue weighted by Crippen LogP contribution is 2.17. The highest BCUT2D eigenvalue weighted by molar-refractivity contribution is 5.71. The fourth-order valence-corrected chi connectivity index (χ4v) is 9.51. The predicted molar refractivity (Wildman–Crippen MR) is 316 cm³/mol. The maximum Gasteiger partial charge on any atom is 0.306 e. The molecule has 0 aliphatic carbocycles. The van der Waals surface area contributed by atoms with Gasteiger partial charge in [0.15, 0.2) is 6.10 Å². The summed E-state index contributed by atoms with van der Waals surface area (Å²) in [5.41, 5.74) is 0. The number of esters is 3. The van der Waals surface area contributed by atoms with Gasteiger partial charge < -0.3 is 14.2 Å². The molecule has 6 nitrogen and oxygen atoms in total. The maximum atomic E-state index is 12.8. The number of hydrogen-bond acceptors (Lipinski definition) is 6. The summed E-state index contributed by atoms with van der Waals surface area (Å²) in [4.78, 5) is 38.2. The molecule has 1 unspecified atom stereocenters. The van der Waals surface area contributed by atoms with Crippen molar-refractivity contribution in [1.82, 2.24) is 0 Å². The summed E-state index contributed by atoms with van der Waals surface area (Å²) >= 11 is 0.